The standard InChI is InChI=1S/C32H35Cl2N7O4/c1-4-45-28-25(19-36-29(37-28)39-15-17-44-18-16-39)27-38-31(2,21-5-9-23(33)10-6-21)32(3,22-7-11-24(34)12-8-22)41(27)30(43)40-14-13-35-26(42)20-40/h5-12,19H,4,13-18,20H2,1-3H3,(H,35,42)/t31-,32-/m0/s1. The van der Waals surface area contributed by atoms with Crippen molar-refractivity contribution >= 4 is 46.9 Å². The van der Waals surface area contributed by atoms with Crippen LogP contribution in [0.3, 0.4) is 0 Å². The minimum atomic E-state index is -1.11. The number of benzene rings is 2. The van der Waals surface area contributed by atoms with Crippen molar-refractivity contribution in [3.8, 4) is 5.88 Å². The average molecular weight is 653 g/mol. The summed E-state index contributed by atoms with van der Waals surface area (Å²) in [7, 11) is 0. The highest BCUT2D eigenvalue weighted by Gasteiger charge is 2.60. The van der Waals surface area contributed by atoms with Crippen LogP contribution in [0.2, 0.25) is 10.0 Å². The SMILES string of the molecule is CCOc1nc(N2CCOCC2)ncc1C1=N[C@@](C)(c2ccc(Cl)cc2)[C@](C)(c2ccc(Cl)cc2)N1C(=O)N1CCNC(=O)C1. The van der Waals surface area contributed by atoms with E-state index in [-0.39, 0.29) is 18.5 Å². The van der Waals surface area contributed by atoms with E-state index in [1.807, 2.05) is 62.1 Å². The minimum absolute atomic E-state index is 0.0816. The Bertz CT molecular complexity index is 1610. The van der Waals surface area contributed by atoms with Gasteiger partial charge in [-0.05, 0) is 56.2 Å². The van der Waals surface area contributed by atoms with Crippen LogP contribution in [0.25, 0.3) is 0 Å². The summed E-state index contributed by atoms with van der Waals surface area (Å²) in [6.07, 6.45) is 1.67. The van der Waals surface area contributed by atoms with Gasteiger partial charge in [0.1, 0.15) is 23.5 Å². The molecule has 0 bridgehead atoms. The lowest BCUT2D eigenvalue weighted by atomic mass is 9.71. The van der Waals surface area contributed by atoms with E-state index in [2.05, 4.69) is 5.32 Å². The van der Waals surface area contributed by atoms with Crippen molar-refractivity contribution in [2.75, 3.05) is 57.4 Å². The summed E-state index contributed by atoms with van der Waals surface area (Å²) in [6.45, 7) is 9.24. The monoisotopic (exact) mass is 651 g/mol. The molecule has 2 fully saturated rings. The Morgan fingerprint density at radius 2 is 1.64 bits per heavy atom. The van der Waals surface area contributed by atoms with Crippen LogP contribution in [0.4, 0.5) is 10.7 Å². The van der Waals surface area contributed by atoms with Gasteiger partial charge in [0, 0.05) is 42.4 Å². The predicted molar refractivity (Wildman–Crippen MR) is 172 cm³/mol. The first-order chi connectivity index (χ1) is 21.7. The zero-order valence-electron chi connectivity index (χ0n) is 25.4. The molecule has 3 aliphatic rings. The Labute approximate surface area is 272 Å². The van der Waals surface area contributed by atoms with E-state index in [1.54, 1.807) is 28.1 Å². The van der Waals surface area contributed by atoms with Crippen LogP contribution in [0.1, 0.15) is 37.5 Å². The van der Waals surface area contributed by atoms with Crippen molar-refractivity contribution in [1.29, 1.82) is 0 Å². The van der Waals surface area contributed by atoms with Gasteiger partial charge in [0.15, 0.2) is 0 Å². The normalized spacial score (nSPS) is 23.5. The Kier molecular flexibility index (Phi) is 8.60. The van der Waals surface area contributed by atoms with E-state index in [9.17, 15) is 9.59 Å². The second-order valence-electron chi connectivity index (χ2n) is 11.4. The number of carbonyl (C=O) groups excluding carboxylic acids is 2. The lowest BCUT2D eigenvalue weighted by Crippen LogP contribution is -2.61. The van der Waals surface area contributed by atoms with E-state index in [4.69, 9.17) is 47.6 Å². The van der Waals surface area contributed by atoms with Gasteiger partial charge in [-0.25, -0.2) is 9.78 Å². The summed E-state index contributed by atoms with van der Waals surface area (Å²) in [6, 6.07) is 14.5. The van der Waals surface area contributed by atoms with E-state index in [0.29, 0.717) is 79.3 Å². The molecule has 3 aliphatic heterocycles. The van der Waals surface area contributed by atoms with Gasteiger partial charge in [-0.2, -0.15) is 4.98 Å². The molecular weight excluding hydrogens is 617 g/mol. The lowest BCUT2D eigenvalue weighted by Gasteiger charge is -2.46. The molecule has 0 saturated carbocycles. The first-order valence-corrected chi connectivity index (χ1v) is 15.7. The fraction of sp³-hybridized carbons (Fsp3) is 0.406. The Balaban J connectivity index is 1.58. The highest BCUT2D eigenvalue weighted by Crippen LogP contribution is 2.54. The maximum absolute atomic E-state index is 14.8. The number of hydrogen-bond acceptors (Lipinski definition) is 8. The molecule has 0 radical (unpaired) electrons. The molecule has 2 saturated heterocycles. The summed E-state index contributed by atoms with van der Waals surface area (Å²) in [5.74, 6) is 0.920. The molecule has 6 rings (SSSR count). The number of nitrogens with one attached hydrogen (secondary N) is 1. The number of morpholine rings is 1. The number of hydrogen-bond donors (Lipinski definition) is 1. The number of aliphatic imine (C=N–C) groups is 1. The molecule has 3 amide bonds. The number of ether oxygens (including phenoxy) is 2. The van der Waals surface area contributed by atoms with E-state index in [0.717, 1.165) is 11.1 Å². The third kappa shape index (κ3) is 5.57. The zero-order valence-corrected chi connectivity index (χ0v) is 26.9. The van der Waals surface area contributed by atoms with Gasteiger partial charge in [0.25, 0.3) is 0 Å². The van der Waals surface area contributed by atoms with E-state index < -0.39 is 11.1 Å². The maximum Gasteiger partial charge on any atom is 0.327 e. The Hall–Kier alpha value is -3.93. The lowest BCUT2D eigenvalue weighted by molar-refractivity contribution is -0.123. The number of anilines is 1. The molecule has 1 N–H and O–H groups in total. The van der Waals surface area contributed by atoms with Crippen molar-refractivity contribution in [2.24, 2.45) is 4.99 Å². The summed E-state index contributed by atoms with van der Waals surface area (Å²) in [5, 5.41) is 3.95. The van der Waals surface area contributed by atoms with Crippen molar-refractivity contribution in [2.45, 2.75) is 31.8 Å². The van der Waals surface area contributed by atoms with Crippen molar-refractivity contribution < 1.29 is 19.1 Å². The van der Waals surface area contributed by atoms with Crippen molar-refractivity contribution in [3.05, 3.63) is 81.5 Å². The molecule has 1 aromatic heterocycles. The van der Waals surface area contributed by atoms with Crippen molar-refractivity contribution in [1.82, 2.24) is 25.1 Å². The fourth-order valence-corrected chi connectivity index (χ4v) is 6.44. The molecule has 236 valence electrons. The third-order valence-corrected chi connectivity index (χ3v) is 9.31. The van der Waals surface area contributed by atoms with Crippen LogP contribution in [-0.4, -0.2) is 90.1 Å². The molecule has 0 spiro atoms. The average Bonchev–Trinajstić information content (AvgIpc) is 3.29. The molecule has 0 aliphatic carbocycles. The number of urea groups is 1. The van der Waals surface area contributed by atoms with Gasteiger partial charge >= 0.3 is 6.03 Å². The van der Waals surface area contributed by atoms with Gasteiger partial charge in [0.05, 0.1) is 25.4 Å². The summed E-state index contributed by atoms with van der Waals surface area (Å²) >= 11 is 12.7. The van der Waals surface area contributed by atoms with Crippen LogP contribution in [0, 0.1) is 0 Å². The third-order valence-electron chi connectivity index (χ3n) is 8.81. The number of amidine groups is 1. The fourth-order valence-electron chi connectivity index (χ4n) is 6.18. The smallest absolute Gasteiger partial charge is 0.327 e. The van der Waals surface area contributed by atoms with Gasteiger partial charge in [-0.3, -0.25) is 14.7 Å². The Morgan fingerprint density at radius 1 is 1.00 bits per heavy atom. The number of nitrogens with zero attached hydrogens (tertiary/aromatic N) is 6. The first-order valence-electron chi connectivity index (χ1n) is 15.0. The first kappa shape index (κ1) is 31.1. The van der Waals surface area contributed by atoms with Crippen LogP contribution in [-0.2, 0) is 20.6 Å². The summed E-state index contributed by atoms with van der Waals surface area (Å²) < 4.78 is 11.6. The number of halogens is 2. The number of amides is 3. The van der Waals surface area contributed by atoms with Crippen LogP contribution < -0.4 is 15.0 Å². The van der Waals surface area contributed by atoms with Gasteiger partial charge < -0.3 is 24.6 Å². The predicted octanol–water partition coefficient (Wildman–Crippen LogP) is 4.46. The molecule has 2 atom stereocenters. The van der Waals surface area contributed by atoms with Crippen LogP contribution >= 0.6 is 23.2 Å². The summed E-state index contributed by atoms with van der Waals surface area (Å²) in [5.41, 5.74) is -0.0699. The van der Waals surface area contributed by atoms with E-state index >= 15 is 0 Å². The number of rotatable bonds is 6. The van der Waals surface area contributed by atoms with Crippen LogP contribution in [0.15, 0.2) is 59.7 Å². The highest BCUT2D eigenvalue weighted by atomic mass is 35.5. The maximum atomic E-state index is 14.8. The largest absolute Gasteiger partial charge is 0.477 e. The zero-order chi connectivity index (χ0) is 31.8. The molecule has 2 aromatic carbocycles. The van der Waals surface area contributed by atoms with Gasteiger partial charge in [-0.1, -0.05) is 47.5 Å². The number of aromatic nitrogens is 2. The number of carbonyl (C=O) groups is 2. The molecule has 45 heavy (non-hydrogen) atoms. The second-order valence-corrected chi connectivity index (χ2v) is 12.3. The quantitative estimate of drug-likeness (QED) is 0.419. The molecule has 0 unspecified atom stereocenters. The number of piperazine rings is 1. The Morgan fingerprint density at radius 3 is 2.27 bits per heavy atom. The minimum Gasteiger partial charge on any atom is -0.477 e. The highest BCUT2D eigenvalue weighted by molar-refractivity contribution is 6.30. The molecule has 11 nitrogen and oxygen atoms in total. The van der Waals surface area contributed by atoms with Crippen LogP contribution in [0.5, 0.6) is 5.88 Å². The molecule has 3 aromatic rings. The second kappa shape index (κ2) is 12.5. The summed E-state index contributed by atoms with van der Waals surface area (Å²) in [4.78, 5) is 47.4. The van der Waals surface area contributed by atoms with Gasteiger partial charge in [0.2, 0.25) is 17.7 Å². The van der Waals surface area contributed by atoms with E-state index in [1.165, 1.54) is 0 Å². The van der Waals surface area contributed by atoms with Gasteiger partial charge in [-0.15, -0.1) is 0 Å². The van der Waals surface area contributed by atoms with Crippen molar-refractivity contribution in [3.63, 3.8) is 0 Å². The topological polar surface area (TPSA) is 112 Å². The molecular formula is C32H35Cl2N7O4. The molecule has 4 heterocycles. The molecule has 13 heteroatoms.